The van der Waals surface area contributed by atoms with E-state index in [1.807, 2.05) is 0 Å². The van der Waals surface area contributed by atoms with E-state index in [1.165, 1.54) is 18.2 Å². The van der Waals surface area contributed by atoms with Gasteiger partial charge in [-0.05, 0) is 32.0 Å². The first kappa shape index (κ1) is 17.1. The number of hydrogen-bond acceptors (Lipinski definition) is 7. The SMILES string of the molecule is CN(C)c1c(O)cc(O)cc1-c1cc(C(=O)NC2CCNCC2)no1. The second kappa shape index (κ2) is 7.02. The molecule has 1 saturated heterocycles. The van der Waals surface area contributed by atoms with Crippen LogP contribution in [-0.4, -0.2) is 54.5 Å². The molecule has 1 aromatic carbocycles. The molecule has 8 nitrogen and oxygen atoms in total. The minimum Gasteiger partial charge on any atom is -0.508 e. The third kappa shape index (κ3) is 3.69. The number of rotatable bonds is 4. The van der Waals surface area contributed by atoms with E-state index in [0.29, 0.717) is 17.0 Å². The number of aromatic nitrogens is 1. The molecular formula is C17H22N4O4. The van der Waals surface area contributed by atoms with Crippen LogP contribution in [0, 0.1) is 0 Å². The molecule has 1 aromatic heterocycles. The molecule has 4 N–H and O–H groups in total. The van der Waals surface area contributed by atoms with Crippen molar-refractivity contribution in [2.75, 3.05) is 32.1 Å². The summed E-state index contributed by atoms with van der Waals surface area (Å²) in [6, 6.07) is 4.35. The van der Waals surface area contributed by atoms with Crippen LogP contribution in [0.25, 0.3) is 11.3 Å². The van der Waals surface area contributed by atoms with E-state index in [9.17, 15) is 15.0 Å². The Kier molecular flexibility index (Phi) is 4.80. The van der Waals surface area contributed by atoms with Crippen molar-refractivity contribution in [3.63, 3.8) is 0 Å². The van der Waals surface area contributed by atoms with Crippen molar-refractivity contribution in [1.29, 1.82) is 0 Å². The zero-order valence-electron chi connectivity index (χ0n) is 14.2. The van der Waals surface area contributed by atoms with Crippen molar-refractivity contribution in [3.05, 3.63) is 23.9 Å². The molecule has 25 heavy (non-hydrogen) atoms. The van der Waals surface area contributed by atoms with Gasteiger partial charge in [0.05, 0.1) is 11.3 Å². The summed E-state index contributed by atoms with van der Waals surface area (Å²) >= 11 is 0. The number of anilines is 1. The van der Waals surface area contributed by atoms with Crippen LogP contribution in [0.3, 0.4) is 0 Å². The first-order chi connectivity index (χ1) is 12.0. The van der Waals surface area contributed by atoms with Crippen molar-refractivity contribution in [1.82, 2.24) is 15.8 Å². The summed E-state index contributed by atoms with van der Waals surface area (Å²) in [6.07, 6.45) is 1.75. The zero-order chi connectivity index (χ0) is 18.0. The molecule has 0 radical (unpaired) electrons. The van der Waals surface area contributed by atoms with E-state index < -0.39 is 0 Å². The number of piperidine rings is 1. The summed E-state index contributed by atoms with van der Waals surface area (Å²) in [6.45, 7) is 1.76. The molecule has 0 atom stereocenters. The van der Waals surface area contributed by atoms with Crippen LogP contribution in [0.5, 0.6) is 11.5 Å². The first-order valence-electron chi connectivity index (χ1n) is 8.17. The predicted octanol–water partition coefficient (Wildman–Crippen LogP) is 1.30. The molecule has 0 spiro atoms. The van der Waals surface area contributed by atoms with E-state index in [-0.39, 0.29) is 29.1 Å². The molecule has 1 aliphatic heterocycles. The zero-order valence-corrected chi connectivity index (χ0v) is 14.2. The molecule has 3 rings (SSSR count). The average Bonchev–Trinajstić information content (AvgIpc) is 3.04. The predicted molar refractivity (Wildman–Crippen MR) is 93.0 cm³/mol. The summed E-state index contributed by atoms with van der Waals surface area (Å²) in [5, 5.41) is 29.9. The number of phenolic OH excluding ortho intramolecular Hbond substituents is 2. The number of carbonyl (C=O) groups is 1. The number of phenols is 2. The molecule has 2 aromatic rings. The van der Waals surface area contributed by atoms with Gasteiger partial charge in [0.2, 0.25) is 0 Å². The van der Waals surface area contributed by atoms with Gasteiger partial charge in [-0.1, -0.05) is 5.16 Å². The smallest absolute Gasteiger partial charge is 0.273 e. The molecular weight excluding hydrogens is 324 g/mol. The Hall–Kier alpha value is -2.74. The lowest BCUT2D eigenvalue weighted by Gasteiger charge is -2.23. The summed E-state index contributed by atoms with van der Waals surface area (Å²) in [7, 11) is 3.52. The Labute approximate surface area is 145 Å². The quantitative estimate of drug-likeness (QED) is 0.660. The minimum atomic E-state index is -0.294. The number of nitrogens with zero attached hydrogens (tertiary/aromatic N) is 2. The van der Waals surface area contributed by atoms with Gasteiger partial charge in [0.25, 0.3) is 5.91 Å². The van der Waals surface area contributed by atoms with Gasteiger partial charge in [-0.15, -0.1) is 0 Å². The van der Waals surface area contributed by atoms with Gasteiger partial charge in [-0.2, -0.15) is 0 Å². The van der Waals surface area contributed by atoms with Gasteiger partial charge in [0, 0.05) is 32.3 Å². The maximum atomic E-state index is 12.3. The number of amides is 1. The van der Waals surface area contributed by atoms with Gasteiger partial charge in [0.15, 0.2) is 11.5 Å². The Bertz CT molecular complexity index is 766. The molecule has 0 saturated carbocycles. The lowest BCUT2D eigenvalue weighted by Crippen LogP contribution is -2.42. The van der Waals surface area contributed by atoms with Crippen LogP contribution in [0.1, 0.15) is 23.3 Å². The van der Waals surface area contributed by atoms with E-state index in [4.69, 9.17) is 4.52 Å². The van der Waals surface area contributed by atoms with Crippen molar-refractivity contribution in [3.8, 4) is 22.8 Å². The molecule has 0 unspecified atom stereocenters. The van der Waals surface area contributed by atoms with Crippen LogP contribution < -0.4 is 15.5 Å². The fourth-order valence-electron chi connectivity index (χ4n) is 3.00. The van der Waals surface area contributed by atoms with Crippen LogP contribution >= 0.6 is 0 Å². The highest BCUT2D eigenvalue weighted by Crippen LogP contribution is 2.40. The molecule has 1 aliphatic rings. The van der Waals surface area contributed by atoms with Crippen molar-refractivity contribution < 1.29 is 19.5 Å². The van der Waals surface area contributed by atoms with E-state index in [1.54, 1.807) is 19.0 Å². The Morgan fingerprint density at radius 3 is 2.68 bits per heavy atom. The first-order valence-corrected chi connectivity index (χ1v) is 8.17. The number of hydrogen-bond donors (Lipinski definition) is 4. The number of aromatic hydroxyl groups is 2. The second-order valence-electron chi connectivity index (χ2n) is 6.33. The largest absolute Gasteiger partial charge is 0.508 e. The normalized spacial score (nSPS) is 15.1. The van der Waals surface area contributed by atoms with Gasteiger partial charge >= 0.3 is 0 Å². The molecule has 8 heteroatoms. The van der Waals surface area contributed by atoms with Gasteiger partial charge in [-0.25, -0.2) is 0 Å². The van der Waals surface area contributed by atoms with E-state index in [2.05, 4.69) is 15.8 Å². The fraction of sp³-hybridized carbons (Fsp3) is 0.412. The summed E-state index contributed by atoms with van der Waals surface area (Å²) in [5.41, 5.74) is 1.09. The van der Waals surface area contributed by atoms with Crippen molar-refractivity contribution in [2.24, 2.45) is 0 Å². The Morgan fingerprint density at radius 2 is 2.00 bits per heavy atom. The van der Waals surface area contributed by atoms with Crippen molar-refractivity contribution >= 4 is 11.6 Å². The second-order valence-corrected chi connectivity index (χ2v) is 6.33. The van der Waals surface area contributed by atoms with Crippen molar-refractivity contribution in [2.45, 2.75) is 18.9 Å². The average molecular weight is 346 g/mol. The highest BCUT2D eigenvalue weighted by molar-refractivity contribution is 5.94. The Balaban J connectivity index is 1.85. The van der Waals surface area contributed by atoms with Crippen LogP contribution in [-0.2, 0) is 0 Å². The molecule has 0 bridgehead atoms. The van der Waals surface area contributed by atoms with E-state index in [0.717, 1.165) is 25.9 Å². The minimum absolute atomic E-state index is 0.0860. The van der Waals surface area contributed by atoms with Crippen LogP contribution in [0.2, 0.25) is 0 Å². The number of nitrogens with one attached hydrogen (secondary N) is 2. The highest BCUT2D eigenvalue weighted by atomic mass is 16.5. The number of carbonyl (C=O) groups excluding carboxylic acids is 1. The van der Waals surface area contributed by atoms with Gasteiger partial charge in [-0.3, -0.25) is 4.79 Å². The molecule has 134 valence electrons. The van der Waals surface area contributed by atoms with Crippen LogP contribution in [0.15, 0.2) is 22.7 Å². The summed E-state index contributed by atoms with van der Waals surface area (Å²) in [4.78, 5) is 14.0. The molecule has 1 fully saturated rings. The van der Waals surface area contributed by atoms with Gasteiger partial charge < -0.3 is 30.3 Å². The lowest BCUT2D eigenvalue weighted by molar-refractivity contribution is 0.0920. The highest BCUT2D eigenvalue weighted by Gasteiger charge is 2.22. The van der Waals surface area contributed by atoms with Crippen LogP contribution in [0.4, 0.5) is 5.69 Å². The Morgan fingerprint density at radius 1 is 1.28 bits per heavy atom. The third-order valence-electron chi connectivity index (χ3n) is 4.20. The van der Waals surface area contributed by atoms with E-state index >= 15 is 0 Å². The third-order valence-corrected chi connectivity index (χ3v) is 4.20. The lowest BCUT2D eigenvalue weighted by atomic mass is 10.1. The standard InChI is InChI=1S/C17H22N4O4/c1-21(2)16-12(7-11(22)8-14(16)23)15-9-13(20-25-15)17(24)19-10-3-5-18-6-4-10/h7-10,18,22-23H,3-6H2,1-2H3,(H,19,24). The summed E-state index contributed by atoms with van der Waals surface area (Å²) in [5.74, 6) is -0.185. The maximum Gasteiger partial charge on any atom is 0.273 e. The maximum absolute atomic E-state index is 12.3. The molecule has 0 aliphatic carbocycles. The molecule has 2 heterocycles. The monoisotopic (exact) mass is 346 g/mol. The molecule has 1 amide bonds. The topological polar surface area (TPSA) is 111 Å². The van der Waals surface area contributed by atoms with Gasteiger partial charge in [0.1, 0.15) is 11.5 Å². The summed E-state index contributed by atoms with van der Waals surface area (Å²) < 4.78 is 5.29. The fourth-order valence-corrected chi connectivity index (χ4v) is 3.00. The number of benzene rings is 1.